The number of hydrogen-bond acceptors (Lipinski definition) is 5. The molecule has 8 heteroatoms. The number of nitrogens with zero attached hydrogens (tertiary/aromatic N) is 3. The SMILES string of the molecule is O=C(Nc1cc(C(=O)N2CCNCC2)ccc1N1CCCN(C(=O)C2CCC2)CC1)C1CCCCC1. The lowest BCUT2D eigenvalue weighted by Crippen LogP contribution is -2.46. The smallest absolute Gasteiger partial charge is 0.254 e. The van der Waals surface area contributed by atoms with Crippen molar-refractivity contribution >= 4 is 29.1 Å². The average Bonchev–Trinajstić information content (AvgIpc) is 3.14. The maximum Gasteiger partial charge on any atom is 0.254 e. The third-order valence-corrected chi connectivity index (χ3v) is 8.48. The minimum atomic E-state index is 0.0179. The quantitative estimate of drug-likeness (QED) is 0.656. The molecule has 2 N–H and O–H groups in total. The van der Waals surface area contributed by atoms with Crippen molar-refractivity contribution in [1.29, 1.82) is 0 Å². The molecule has 0 atom stereocenters. The first-order valence-electron chi connectivity index (χ1n) is 14.1. The summed E-state index contributed by atoms with van der Waals surface area (Å²) in [4.78, 5) is 45.5. The summed E-state index contributed by atoms with van der Waals surface area (Å²) >= 11 is 0. The van der Waals surface area contributed by atoms with Crippen molar-refractivity contribution < 1.29 is 14.4 Å². The Balaban J connectivity index is 1.35. The highest BCUT2D eigenvalue weighted by atomic mass is 16.2. The van der Waals surface area contributed by atoms with E-state index in [-0.39, 0.29) is 23.7 Å². The summed E-state index contributed by atoms with van der Waals surface area (Å²) in [6.45, 7) is 6.05. The molecule has 36 heavy (non-hydrogen) atoms. The van der Waals surface area contributed by atoms with E-state index in [0.717, 1.165) is 89.0 Å². The summed E-state index contributed by atoms with van der Waals surface area (Å²) in [6, 6.07) is 5.77. The Labute approximate surface area is 214 Å². The topological polar surface area (TPSA) is 85.0 Å². The Morgan fingerprint density at radius 2 is 1.50 bits per heavy atom. The van der Waals surface area contributed by atoms with Gasteiger partial charge < -0.3 is 25.3 Å². The Morgan fingerprint density at radius 1 is 0.750 bits per heavy atom. The highest BCUT2D eigenvalue weighted by Crippen LogP contribution is 2.33. The molecule has 2 saturated heterocycles. The van der Waals surface area contributed by atoms with E-state index in [1.165, 1.54) is 12.8 Å². The molecule has 4 aliphatic rings. The molecule has 0 aromatic heterocycles. The normalized spacial score (nSPS) is 22.1. The molecule has 0 unspecified atom stereocenters. The van der Waals surface area contributed by atoms with Crippen molar-refractivity contribution in [2.24, 2.45) is 11.8 Å². The van der Waals surface area contributed by atoms with Crippen LogP contribution in [0.5, 0.6) is 0 Å². The molecule has 2 heterocycles. The largest absolute Gasteiger partial charge is 0.368 e. The van der Waals surface area contributed by atoms with Gasteiger partial charge in [-0.05, 0) is 50.3 Å². The summed E-state index contributed by atoms with van der Waals surface area (Å²) in [7, 11) is 0. The van der Waals surface area contributed by atoms with Gasteiger partial charge >= 0.3 is 0 Å². The number of nitrogens with one attached hydrogen (secondary N) is 2. The Bertz CT molecular complexity index is 951. The minimum absolute atomic E-state index is 0.0179. The molecule has 2 saturated carbocycles. The van der Waals surface area contributed by atoms with Gasteiger partial charge in [-0.25, -0.2) is 0 Å². The van der Waals surface area contributed by atoms with Gasteiger partial charge in [0, 0.05) is 69.8 Å². The summed E-state index contributed by atoms with van der Waals surface area (Å²) in [5.74, 6) is 0.658. The van der Waals surface area contributed by atoms with Crippen molar-refractivity contribution in [3.8, 4) is 0 Å². The summed E-state index contributed by atoms with van der Waals surface area (Å²) in [6.07, 6.45) is 9.39. The van der Waals surface area contributed by atoms with Crippen LogP contribution in [0.1, 0.15) is 68.1 Å². The molecule has 2 aliphatic heterocycles. The molecule has 0 radical (unpaired) electrons. The lowest BCUT2D eigenvalue weighted by atomic mass is 9.84. The molecule has 4 fully saturated rings. The van der Waals surface area contributed by atoms with Crippen LogP contribution >= 0.6 is 0 Å². The predicted octanol–water partition coefficient (Wildman–Crippen LogP) is 3.09. The van der Waals surface area contributed by atoms with Gasteiger partial charge in [-0.15, -0.1) is 0 Å². The van der Waals surface area contributed by atoms with E-state index in [9.17, 15) is 14.4 Å². The molecule has 0 bridgehead atoms. The van der Waals surface area contributed by atoms with Crippen molar-refractivity contribution in [3.05, 3.63) is 23.8 Å². The number of carbonyl (C=O) groups excluding carboxylic acids is 3. The van der Waals surface area contributed by atoms with Crippen LogP contribution in [0.25, 0.3) is 0 Å². The van der Waals surface area contributed by atoms with E-state index in [1.807, 2.05) is 28.0 Å². The van der Waals surface area contributed by atoms with Crippen LogP contribution in [-0.2, 0) is 9.59 Å². The van der Waals surface area contributed by atoms with E-state index in [4.69, 9.17) is 0 Å². The van der Waals surface area contributed by atoms with Gasteiger partial charge in [0.15, 0.2) is 0 Å². The van der Waals surface area contributed by atoms with Crippen molar-refractivity contribution in [1.82, 2.24) is 15.1 Å². The number of benzene rings is 1. The third-order valence-electron chi connectivity index (χ3n) is 8.48. The zero-order valence-corrected chi connectivity index (χ0v) is 21.5. The zero-order valence-electron chi connectivity index (χ0n) is 21.5. The van der Waals surface area contributed by atoms with Crippen LogP contribution in [0.2, 0.25) is 0 Å². The van der Waals surface area contributed by atoms with E-state index in [2.05, 4.69) is 15.5 Å². The van der Waals surface area contributed by atoms with Gasteiger partial charge in [-0.2, -0.15) is 0 Å². The molecule has 5 rings (SSSR count). The fraction of sp³-hybridized carbons (Fsp3) is 0.679. The van der Waals surface area contributed by atoms with Gasteiger partial charge in [0.05, 0.1) is 11.4 Å². The third kappa shape index (κ3) is 5.69. The molecule has 0 spiro atoms. The number of amides is 3. The van der Waals surface area contributed by atoms with Crippen LogP contribution in [0.4, 0.5) is 11.4 Å². The predicted molar refractivity (Wildman–Crippen MR) is 141 cm³/mol. The van der Waals surface area contributed by atoms with Crippen LogP contribution in [-0.4, -0.2) is 79.9 Å². The monoisotopic (exact) mass is 495 g/mol. The van der Waals surface area contributed by atoms with Gasteiger partial charge in [0.2, 0.25) is 11.8 Å². The second-order valence-corrected chi connectivity index (χ2v) is 10.9. The Kier molecular flexibility index (Phi) is 8.09. The first-order chi connectivity index (χ1) is 17.6. The second kappa shape index (κ2) is 11.6. The van der Waals surface area contributed by atoms with Gasteiger partial charge in [-0.1, -0.05) is 25.7 Å². The molecule has 1 aromatic carbocycles. The molecule has 8 nitrogen and oxygen atoms in total. The first kappa shape index (κ1) is 25.1. The average molecular weight is 496 g/mol. The molecule has 2 aliphatic carbocycles. The lowest BCUT2D eigenvalue weighted by molar-refractivity contribution is -0.137. The number of anilines is 2. The number of hydrogen-bond donors (Lipinski definition) is 2. The van der Waals surface area contributed by atoms with Gasteiger partial charge in [0.25, 0.3) is 5.91 Å². The number of piperazine rings is 1. The van der Waals surface area contributed by atoms with Crippen molar-refractivity contribution in [3.63, 3.8) is 0 Å². The van der Waals surface area contributed by atoms with Crippen LogP contribution in [0.3, 0.4) is 0 Å². The highest BCUT2D eigenvalue weighted by Gasteiger charge is 2.31. The van der Waals surface area contributed by atoms with E-state index in [1.54, 1.807) is 0 Å². The number of rotatable bonds is 5. The van der Waals surface area contributed by atoms with Gasteiger partial charge in [0.1, 0.15) is 0 Å². The maximum atomic E-state index is 13.2. The van der Waals surface area contributed by atoms with Crippen molar-refractivity contribution in [2.45, 2.75) is 57.8 Å². The molecular weight excluding hydrogens is 454 g/mol. The Morgan fingerprint density at radius 3 is 2.22 bits per heavy atom. The zero-order chi connectivity index (χ0) is 24.9. The first-order valence-corrected chi connectivity index (χ1v) is 14.1. The highest BCUT2D eigenvalue weighted by molar-refractivity contribution is 6.00. The maximum absolute atomic E-state index is 13.2. The lowest BCUT2D eigenvalue weighted by Gasteiger charge is -2.31. The van der Waals surface area contributed by atoms with E-state index in [0.29, 0.717) is 31.1 Å². The number of carbonyl (C=O) groups is 3. The fourth-order valence-electron chi connectivity index (χ4n) is 5.99. The minimum Gasteiger partial charge on any atom is -0.368 e. The molecule has 3 amide bonds. The second-order valence-electron chi connectivity index (χ2n) is 10.9. The fourth-order valence-corrected chi connectivity index (χ4v) is 5.99. The van der Waals surface area contributed by atoms with Crippen LogP contribution < -0.4 is 15.5 Å². The van der Waals surface area contributed by atoms with E-state index < -0.39 is 0 Å². The standard InChI is InChI=1S/C28H41N5O3/c34-26(21-6-2-1-3-7-21)30-24-20-23(28(36)33-16-12-29-13-17-33)10-11-25(24)31-14-5-15-32(19-18-31)27(35)22-8-4-9-22/h10-11,20-22,29H,1-9,12-19H2,(H,30,34). The van der Waals surface area contributed by atoms with Gasteiger partial charge in [-0.3, -0.25) is 14.4 Å². The molecule has 196 valence electrons. The Hall–Kier alpha value is -2.61. The molecule has 1 aromatic rings. The summed E-state index contributed by atoms with van der Waals surface area (Å²) < 4.78 is 0. The van der Waals surface area contributed by atoms with Crippen LogP contribution in [0.15, 0.2) is 18.2 Å². The molecular formula is C28H41N5O3. The summed E-state index contributed by atoms with van der Waals surface area (Å²) in [5, 5.41) is 6.52. The van der Waals surface area contributed by atoms with E-state index >= 15 is 0 Å². The summed E-state index contributed by atoms with van der Waals surface area (Å²) in [5.41, 5.74) is 2.30. The van der Waals surface area contributed by atoms with Crippen molar-refractivity contribution in [2.75, 3.05) is 62.6 Å². The van der Waals surface area contributed by atoms with Crippen LogP contribution in [0, 0.1) is 11.8 Å².